The molecule has 0 aliphatic carbocycles. The normalized spacial score (nSPS) is 16.3. The smallest absolute Gasteiger partial charge is 0.266 e. The van der Waals surface area contributed by atoms with Gasteiger partial charge in [-0.2, -0.15) is 0 Å². The van der Waals surface area contributed by atoms with Gasteiger partial charge in [0.25, 0.3) is 11.8 Å². The first-order chi connectivity index (χ1) is 13.6. The fourth-order valence-electron chi connectivity index (χ4n) is 4.16. The van der Waals surface area contributed by atoms with E-state index >= 15 is 0 Å². The van der Waals surface area contributed by atoms with Gasteiger partial charge < -0.3 is 16.0 Å². The highest BCUT2D eigenvalue weighted by atomic mass is 32.1. The number of likely N-dealkylation sites (tertiary alicyclic amines) is 1. The van der Waals surface area contributed by atoms with E-state index in [0.717, 1.165) is 58.3 Å². The minimum atomic E-state index is -0.0189. The first kappa shape index (κ1) is 17.3. The summed E-state index contributed by atoms with van der Waals surface area (Å²) in [4.78, 5) is 27.4. The number of hydrogen-bond acceptors (Lipinski definition) is 4. The van der Waals surface area contributed by atoms with E-state index in [2.05, 4.69) is 17.4 Å². The van der Waals surface area contributed by atoms with E-state index in [1.54, 1.807) is 0 Å². The topological polar surface area (TPSA) is 75.4 Å². The lowest BCUT2D eigenvalue weighted by molar-refractivity contribution is 0.0730. The predicted molar refractivity (Wildman–Crippen MR) is 113 cm³/mol. The lowest BCUT2D eigenvalue weighted by Gasteiger charge is -2.26. The maximum atomic E-state index is 13.0. The van der Waals surface area contributed by atoms with Gasteiger partial charge in [0.2, 0.25) is 0 Å². The molecule has 0 saturated carbocycles. The van der Waals surface area contributed by atoms with E-state index in [1.807, 2.05) is 29.2 Å². The Kier molecular flexibility index (Phi) is 4.09. The number of nitrogens with zero attached hydrogens (tertiary/aromatic N) is 1. The van der Waals surface area contributed by atoms with E-state index in [1.165, 1.54) is 17.8 Å². The van der Waals surface area contributed by atoms with Crippen LogP contribution in [0.5, 0.6) is 0 Å². The molecule has 2 aromatic carbocycles. The molecule has 1 aromatic heterocycles. The summed E-state index contributed by atoms with van der Waals surface area (Å²) >= 11 is 1.48. The van der Waals surface area contributed by atoms with Crippen LogP contribution in [0.4, 0.5) is 5.69 Å². The summed E-state index contributed by atoms with van der Waals surface area (Å²) in [6.45, 7) is 2.18. The third kappa shape index (κ3) is 2.67. The largest absolute Gasteiger partial charge is 0.397 e. The van der Waals surface area contributed by atoms with E-state index in [9.17, 15) is 9.59 Å². The van der Waals surface area contributed by atoms with Crippen LogP contribution in [0.1, 0.15) is 44.9 Å². The molecule has 3 N–H and O–H groups in total. The molecular weight excluding hydrogens is 370 g/mol. The lowest BCUT2D eigenvalue weighted by atomic mass is 9.99. The van der Waals surface area contributed by atoms with Crippen LogP contribution in [-0.2, 0) is 6.54 Å². The van der Waals surface area contributed by atoms with Crippen molar-refractivity contribution in [2.24, 2.45) is 0 Å². The van der Waals surface area contributed by atoms with Crippen molar-refractivity contribution in [1.82, 2.24) is 10.2 Å². The van der Waals surface area contributed by atoms with Gasteiger partial charge in [-0.05, 0) is 48.1 Å². The van der Waals surface area contributed by atoms with Crippen molar-refractivity contribution < 1.29 is 9.59 Å². The zero-order valence-electron chi connectivity index (χ0n) is 15.5. The Balaban J connectivity index is 1.60. The van der Waals surface area contributed by atoms with Crippen molar-refractivity contribution >= 4 is 38.9 Å². The Labute approximate surface area is 167 Å². The Morgan fingerprint density at radius 3 is 2.71 bits per heavy atom. The highest BCUT2D eigenvalue weighted by Crippen LogP contribution is 2.41. The molecule has 0 spiro atoms. The number of fused-ring (bicyclic) bond motifs is 2. The summed E-state index contributed by atoms with van der Waals surface area (Å²) in [7, 11) is 0. The van der Waals surface area contributed by atoms with Crippen LogP contribution in [0.25, 0.3) is 21.2 Å². The van der Waals surface area contributed by atoms with E-state index < -0.39 is 0 Å². The van der Waals surface area contributed by atoms with Crippen LogP contribution >= 0.6 is 11.3 Å². The molecule has 0 bridgehead atoms. The monoisotopic (exact) mass is 391 g/mol. The second-order valence-electron chi connectivity index (χ2n) is 7.43. The van der Waals surface area contributed by atoms with Crippen molar-refractivity contribution in [1.29, 1.82) is 0 Å². The number of nitrogens with one attached hydrogen (secondary N) is 1. The SMILES string of the molecule is Nc1c(C(=O)N2CCCCC2)sc2c(-c3ccc4c(c3)CNC4=O)cccc12. The van der Waals surface area contributed by atoms with Crippen molar-refractivity contribution in [3.05, 3.63) is 52.4 Å². The lowest BCUT2D eigenvalue weighted by Crippen LogP contribution is -2.35. The van der Waals surface area contributed by atoms with Crippen LogP contribution in [0.15, 0.2) is 36.4 Å². The first-order valence-electron chi connectivity index (χ1n) is 9.65. The molecule has 6 heteroatoms. The minimum absolute atomic E-state index is 0.0189. The zero-order valence-corrected chi connectivity index (χ0v) is 16.3. The predicted octanol–water partition coefficient (Wildman–Crippen LogP) is 4.02. The minimum Gasteiger partial charge on any atom is -0.397 e. The number of anilines is 1. The first-order valence-corrected chi connectivity index (χ1v) is 10.5. The number of benzene rings is 2. The number of amides is 2. The summed E-state index contributed by atoms with van der Waals surface area (Å²) in [6, 6.07) is 11.9. The van der Waals surface area contributed by atoms with Crippen molar-refractivity contribution in [2.75, 3.05) is 18.8 Å². The number of carbonyl (C=O) groups excluding carboxylic acids is 2. The number of nitrogens with two attached hydrogens (primary N) is 1. The van der Waals surface area contributed by atoms with Gasteiger partial charge >= 0.3 is 0 Å². The number of nitrogen functional groups attached to an aromatic ring is 1. The third-order valence-electron chi connectivity index (χ3n) is 5.69. The van der Waals surface area contributed by atoms with E-state index in [4.69, 9.17) is 5.73 Å². The summed E-state index contributed by atoms with van der Waals surface area (Å²) in [5, 5.41) is 3.79. The second kappa shape index (κ2) is 6.63. The van der Waals surface area contributed by atoms with Crippen molar-refractivity contribution in [3.63, 3.8) is 0 Å². The maximum absolute atomic E-state index is 13.0. The molecule has 1 saturated heterocycles. The number of piperidine rings is 1. The van der Waals surface area contributed by atoms with Gasteiger partial charge in [0.05, 0.1) is 5.69 Å². The Morgan fingerprint density at radius 2 is 1.89 bits per heavy atom. The number of hydrogen-bond donors (Lipinski definition) is 2. The summed E-state index contributed by atoms with van der Waals surface area (Å²) in [6.07, 6.45) is 3.30. The summed E-state index contributed by atoms with van der Waals surface area (Å²) in [5.74, 6) is 0.0302. The molecule has 0 radical (unpaired) electrons. The van der Waals surface area contributed by atoms with Gasteiger partial charge in [0.15, 0.2) is 0 Å². The van der Waals surface area contributed by atoms with Crippen molar-refractivity contribution in [2.45, 2.75) is 25.8 Å². The molecule has 0 unspecified atom stereocenters. The molecule has 2 aliphatic rings. The van der Waals surface area contributed by atoms with Gasteiger partial charge in [-0.25, -0.2) is 0 Å². The molecule has 2 amide bonds. The molecule has 2 aliphatic heterocycles. The van der Waals surface area contributed by atoms with Gasteiger partial charge in [-0.1, -0.05) is 24.3 Å². The van der Waals surface area contributed by atoms with Crippen LogP contribution in [0, 0.1) is 0 Å². The van der Waals surface area contributed by atoms with Crippen LogP contribution in [0.2, 0.25) is 0 Å². The fraction of sp³-hybridized carbons (Fsp3) is 0.273. The highest BCUT2D eigenvalue weighted by Gasteiger charge is 2.25. The molecule has 0 atom stereocenters. The molecular formula is C22H21N3O2S. The van der Waals surface area contributed by atoms with E-state index in [-0.39, 0.29) is 11.8 Å². The average Bonchev–Trinajstić information content (AvgIpc) is 3.28. The molecule has 1 fully saturated rings. The molecule has 142 valence electrons. The zero-order chi connectivity index (χ0) is 19.3. The number of thiophene rings is 1. The maximum Gasteiger partial charge on any atom is 0.266 e. The number of carbonyl (C=O) groups is 2. The second-order valence-corrected chi connectivity index (χ2v) is 8.46. The molecule has 28 heavy (non-hydrogen) atoms. The van der Waals surface area contributed by atoms with Crippen LogP contribution in [-0.4, -0.2) is 29.8 Å². The van der Waals surface area contributed by atoms with Gasteiger partial charge in [-0.15, -0.1) is 11.3 Å². The molecule has 3 heterocycles. The number of rotatable bonds is 2. The van der Waals surface area contributed by atoms with Crippen LogP contribution in [0.3, 0.4) is 0 Å². The van der Waals surface area contributed by atoms with E-state index in [0.29, 0.717) is 17.1 Å². The standard InChI is InChI=1S/C22H21N3O2S/c23-18-17-6-4-5-15(13-7-8-16-14(11-13)12-24-21(16)26)19(17)28-20(18)22(27)25-9-2-1-3-10-25/h4-8,11H,1-3,9-10,12,23H2,(H,24,26). The van der Waals surface area contributed by atoms with Crippen molar-refractivity contribution in [3.8, 4) is 11.1 Å². The van der Waals surface area contributed by atoms with Crippen LogP contribution < -0.4 is 11.1 Å². The Bertz CT molecular complexity index is 1110. The molecule has 5 nitrogen and oxygen atoms in total. The highest BCUT2D eigenvalue weighted by molar-refractivity contribution is 7.22. The summed E-state index contributed by atoms with van der Waals surface area (Å²) < 4.78 is 1.03. The average molecular weight is 391 g/mol. The molecule has 5 rings (SSSR count). The fourth-order valence-corrected chi connectivity index (χ4v) is 5.39. The molecule has 3 aromatic rings. The Morgan fingerprint density at radius 1 is 1.07 bits per heavy atom. The quantitative estimate of drug-likeness (QED) is 0.693. The third-order valence-corrected chi connectivity index (χ3v) is 6.93. The Hall–Kier alpha value is -2.86. The van der Waals surface area contributed by atoms with Gasteiger partial charge in [0.1, 0.15) is 4.88 Å². The van der Waals surface area contributed by atoms with Gasteiger partial charge in [-0.3, -0.25) is 9.59 Å². The van der Waals surface area contributed by atoms with Gasteiger partial charge in [0, 0.05) is 35.3 Å². The summed E-state index contributed by atoms with van der Waals surface area (Å²) in [5.41, 5.74) is 10.8.